The Balaban J connectivity index is 1.74. The Labute approximate surface area is 187 Å². The molecule has 2 aromatic heterocycles. The van der Waals surface area contributed by atoms with E-state index in [9.17, 15) is 13.2 Å². The third-order valence-electron chi connectivity index (χ3n) is 5.80. The van der Waals surface area contributed by atoms with Crippen LogP contribution in [0.15, 0.2) is 36.4 Å². The molecule has 5 rings (SSSR count). The van der Waals surface area contributed by atoms with Crippen molar-refractivity contribution in [1.29, 1.82) is 0 Å². The maximum atomic E-state index is 15.5. The summed E-state index contributed by atoms with van der Waals surface area (Å²) < 4.78 is 58.7. The molecule has 0 unspecified atom stereocenters. The standard InChI is InChI=1S/C24H19F4N5/c1-14-30-31-23-29-22(17-12-16(25)6-7-18(17)33(14)23)32(13-20(26)27)19-5-3-4-15(21(19)28)8-9-24(2)10-11-24/h3-7,12,20H,10-11,13H2,1-2H3. The molecule has 2 heterocycles. The topological polar surface area (TPSA) is 46.3 Å². The number of fused-ring (bicyclic) bond motifs is 3. The predicted octanol–water partition coefficient (Wildman–Crippen LogP) is 5.42. The van der Waals surface area contributed by atoms with Gasteiger partial charge in [-0.15, -0.1) is 10.2 Å². The smallest absolute Gasteiger partial charge is 0.257 e. The molecule has 2 aromatic carbocycles. The normalized spacial score (nSPS) is 14.5. The van der Waals surface area contributed by atoms with E-state index < -0.39 is 24.6 Å². The Hall–Kier alpha value is -3.67. The number of halogens is 4. The zero-order valence-corrected chi connectivity index (χ0v) is 17.9. The zero-order valence-electron chi connectivity index (χ0n) is 17.9. The van der Waals surface area contributed by atoms with E-state index in [0.29, 0.717) is 11.3 Å². The van der Waals surface area contributed by atoms with Crippen LogP contribution >= 0.6 is 0 Å². The van der Waals surface area contributed by atoms with Crippen molar-refractivity contribution in [2.75, 3.05) is 11.4 Å². The highest BCUT2D eigenvalue weighted by molar-refractivity contribution is 5.93. The van der Waals surface area contributed by atoms with Gasteiger partial charge in [-0.1, -0.05) is 17.9 Å². The molecule has 0 radical (unpaired) electrons. The molecule has 0 bridgehead atoms. The van der Waals surface area contributed by atoms with E-state index in [1.807, 2.05) is 6.92 Å². The number of aryl methyl sites for hydroxylation is 1. The molecule has 5 nitrogen and oxygen atoms in total. The SMILES string of the molecule is Cc1nnc2nc(N(CC(F)F)c3cccc(C#CC4(C)CC4)c3F)c3cc(F)ccc3n12. The van der Waals surface area contributed by atoms with Gasteiger partial charge in [0.05, 0.1) is 23.3 Å². The first kappa shape index (κ1) is 21.2. The second-order valence-electron chi connectivity index (χ2n) is 8.43. The van der Waals surface area contributed by atoms with Crippen molar-refractivity contribution in [2.45, 2.75) is 33.1 Å². The van der Waals surface area contributed by atoms with Crippen molar-refractivity contribution in [1.82, 2.24) is 19.6 Å². The summed E-state index contributed by atoms with van der Waals surface area (Å²) >= 11 is 0. The number of aromatic nitrogens is 4. The number of hydrogen-bond acceptors (Lipinski definition) is 4. The molecule has 1 fully saturated rings. The van der Waals surface area contributed by atoms with Crippen LogP contribution in [0.1, 0.15) is 31.2 Å². The number of alkyl halides is 2. The molecule has 0 spiro atoms. The van der Waals surface area contributed by atoms with Crippen LogP contribution in [0.4, 0.5) is 29.1 Å². The highest BCUT2D eigenvalue weighted by Crippen LogP contribution is 2.44. The fourth-order valence-corrected chi connectivity index (χ4v) is 3.74. The molecule has 0 aliphatic heterocycles. The molecule has 33 heavy (non-hydrogen) atoms. The van der Waals surface area contributed by atoms with Gasteiger partial charge in [-0.05, 0) is 57.0 Å². The highest BCUT2D eigenvalue weighted by atomic mass is 19.3. The van der Waals surface area contributed by atoms with Crippen molar-refractivity contribution >= 4 is 28.2 Å². The lowest BCUT2D eigenvalue weighted by Crippen LogP contribution is -2.26. The van der Waals surface area contributed by atoms with Crippen molar-refractivity contribution in [3.05, 3.63) is 59.4 Å². The molecule has 1 aliphatic carbocycles. The van der Waals surface area contributed by atoms with Gasteiger partial charge in [-0.2, -0.15) is 4.98 Å². The van der Waals surface area contributed by atoms with E-state index >= 15 is 4.39 Å². The summed E-state index contributed by atoms with van der Waals surface area (Å²) in [7, 11) is 0. The van der Waals surface area contributed by atoms with Gasteiger partial charge in [-0.25, -0.2) is 17.6 Å². The Morgan fingerprint density at radius 1 is 1.15 bits per heavy atom. The van der Waals surface area contributed by atoms with Gasteiger partial charge in [0.1, 0.15) is 17.5 Å². The maximum Gasteiger partial charge on any atom is 0.257 e. The van der Waals surface area contributed by atoms with Gasteiger partial charge < -0.3 is 4.90 Å². The third kappa shape index (κ3) is 3.86. The Morgan fingerprint density at radius 2 is 1.94 bits per heavy atom. The van der Waals surface area contributed by atoms with Gasteiger partial charge in [0.25, 0.3) is 12.2 Å². The third-order valence-corrected chi connectivity index (χ3v) is 5.80. The quantitative estimate of drug-likeness (QED) is 0.306. The van der Waals surface area contributed by atoms with Crippen molar-refractivity contribution in [2.24, 2.45) is 5.41 Å². The van der Waals surface area contributed by atoms with Crippen LogP contribution in [0.3, 0.4) is 0 Å². The van der Waals surface area contributed by atoms with Crippen LogP contribution in [0.2, 0.25) is 0 Å². The van der Waals surface area contributed by atoms with Gasteiger partial charge in [0.2, 0.25) is 0 Å². The van der Waals surface area contributed by atoms with Crippen LogP contribution in [0.25, 0.3) is 16.7 Å². The fraction of sp³-hybridized carbons (Fsp3) is 0.292. The van der Waals surface area contributed by atoms with E-state index in [4.69, 9.17) is 0 Å². The monoisotopic (exact) mass is 453 g/mol. The molecule has 0 atom stereocenters. The Bertz CT molecular complexity index is 1450. The number of benzene rings is 2. The number of rotatable bonds is 4. The minimum atomic E-state index is -2.81. The van der Waals surface area contributed by atoms with Gasteiger partial charge >= 0.3 is 0 Å². The molecule has 4 aromatic rings. The summed E-state index contributed by atoms with van der Waals surface area (Å²) in [5.41, 5.74) is 0.324. The van der Waals surface area contributed by atoms with E-state index in [1.165, 1.54) is 30.3 Å². The van der Waals surface area contributed by atoms with E-state index in [1.54, 1.807) is 17.4 Å². The molecular formula is C24H19F4N5. The van der Waals surface area contributed by atoms with E-state index in [2.05, 4.69) is 27.0 Å². The molecule has 1 saturated carbocycles. The summed E-state index contributed by atoms with van der Waals surface area (Å²) in [4.78, 5) is 5.43. The lowest BCUT2D eigenvalue weighted by Gasteiger charge is -2.26. The van der Waals surface area contributed by atoms with Gasteiger partial charge in [0.15, 0.2) is 5.82 Å². The molecule has 1 aliphatic rings. The fourth-order valence-electron chi connectivity index (χ4n) is 3.74. The lowest BCUT2D eigenvalue weighted by molar-refractivity contribution is 0.157. The summed E-state index contributed by atoms with van der Waals surface area (Å²) in [6.07, 6.45) is -0.929. The minimum absolute atomic E-state index is 0.0390. The summed E-state index contributed by atoms with van der Waals surface area (Å²) in [5.74, 6) is 5.19. The Morgan fingerprint density at radius 3 is 2.67 bits per heavy atom. The number of hydrogen-bond donors (Lipinski definition) is 0. The molecule has 9 heteroatoms. The first-order chi connectivity index (χ1) is 15.8. The Kier molecular flexibility index (Phi) is 4.96. The predicted molar refractivity (Wildman–Crippen MR) is 117 cm³/mol. The first-order valence-electron chi connectivity index (χ1n) is 10.4. The molecule has 0 N–H and O–H groups in total. The molecule has 168 valence electrons. The summed E-state index contributed by atoms with van der Waals surface area (Å²) in [6, 6.07) is 8.37. The number of nitrogens with zero attached hydrogens (tertiary/aromatic N) is 5. The summed E-state index contributed by atoms with van der Waals surface area (Å²) in [6.45, 7) is 2.84. The largest absolute Gasteiger partial charge is 0.317 e. The van der Waals surface area contributed by atoms with Gasteiger partial charge in [0, 0.05) is 10.8 Å². The van der Waals surface area contributed by atoms with Crippen molar-refractivity contribution < 1.29 is 17.6 Å². The highest BCUT2D eigenvalue weighted by Gasteiger charge is 2.35. The minimum Gasteiger partial charge on any atom is -0.317 e. The van der Waals surface area contributed by atoms with Crippen molar-refractivity contribution in [3.8, 4) is 11.8 Å². The van der Waals surface area contributed by atoms with Crippen LogP contribution in [0, 0.1) is 35.8 Å². The van der Waals surface area contributed by atoms with Crippen LogP contribution in [-0.2, 0) is 0 Å². The van der Waals surface area contributed by atoms with Crippen LogP contribution < -0.4 is 4.90 Å². The maximum absolute atomic E-state index is 15.5. The molecule has 0 amide bonds. The van der Waals surface area contributed by atoms with E-state index in [0.717, 1.165) is 17.7 Å². The average Bonchev–Trinajstić information content (AvgIpc) is 3.40. The second-order valence-corrected chi connectivity index (χ2v) is 8.43. The summed E-state index contributed by atoms with van der Waals surface area (Å²) in [5, 5.41) is 8.20. The molecular weight excluding hydrogens is 434 g/mol. The van der Waals surface area contributed by atoms with Crippen molar-refractivity contribution in [3.63, 3.8) is 0 Å². The average molecular weight is 453 g/mol. The van der Waals surface area contributed by atoms with Crippen LogP contribution in [-0.4, -0.2) is 32.6 Å². The van der Waals surface area contributed by atoms with Crippen LogP contribution in [0.5, 0.6) is 0 Å². The molecule has 0 saturated heterocycles. The second kappa shape index (κ2) is 7.73. The lowest BCUT2D eigenvalue weighted by atomic mass is 10.1. The zero-order chi connectivity index (χ0) is 23.3. The first-order valence-corrected chi connectivity index (χ1v) is 10.4. The van der Waals surface area contributed by atoms with Gasteiger partial charge in [-0.3, -0.25) is 4.40 Å². The number of anilines is 2. The van der Waals surface area contributed by atoms with E-state index in [-0.39, 0.29) is 33.6 Å².